The molecule has 0 amide bonds. The average Bonchev–Trinajstić information content (AvgIpc) is 1.63. The van der Waals surface area contributed by atoms with Crippen molar-refractivity contribution in [2.24, 2.45) is 0 Å². The lowest BCUT2D eigenvalue weighted by Gasteiger charge is -2.52. The van der Waals surface area contributed by atoms with Crippen LogP contribution in [0, 0.1) is 0 Å². The van der Waals surface area contributed by atoms with E-state index >= 15 is 0 Å². The summed E-state index contributed by atoms with van der Waals surface area (Å²) in [6.45, 7) is 5.33. The Labute approximate surface area is 50.1 Å². The highest BCUT2D eigenvalue weighted by Gasteiger charge is 2.43. The van der Waals surface area contributed by atoms with Gasteiger partial charge in [0.05, 0.1) is 26.7 Å². The van der Waals surface area contributed by atoms with Gasteiger partial charge in [0.25, 0.3) is 0 Å². The van der Waals surface area contributed by atoms with Crippen molar-refractivity contribution in [3.8, 4) is 0 Å². The van der Waals surface area contributed by atoms with E-state index in [0.29, 0.717) is 0 Å². The van der Waals surface area contributed by atoms with Gasteiger partial charge >= 0.3 is 0 Å². The number of hydrogen-bond acceptors (Lipinski definition) is 1. The van der Waals surface area contributed by atoms with E-state index in [9.17, 15) is 0 Å². The topological polar surface area (TPSA) is 12.0 Å². The molecule has 46 valence electrons. The van der Waals surface area contributed by atoms with Gasteiger partial charge in [-0.15, -0.1) is 0 Å². The molecule has 8 heavy (non-hydrogen) atoms. The monoisotopic (exact) mass is 113 g/mol. The Morgan fingerprint density at radius 3 is 2.50 bits per heavy atom. The minimum Gasteiger partial charge on any atom is -0.322 e. The average molecular weight is 113 g/mol. The third-order valence-electron chi connectivity index (χ3n) is 2.41. The highest BCUT2D eigenvalue weighted by Crippen LogP contribution is 2.19. The van der Waals surface area contributed by atoms with Gasteiger partial charge in [0.15, 0.2) is 0 Å². The van der Waals surface area contributed by atoms with Gasteiger partial charge in [-0.2, -0.15) is 0 Å². The molecule has 0 unspecified atom stereocenters. The Kier molecular flexibility index (Phi) is 0.746. The summed E-state index contributed by atoms with van der Waals surface area (Å²) in [4.78, 5) is 0. The first-order valence-corrected chi connectivity index (χ1v) is 3.35. The van der Waals surface area contributed by atoms with Gasteiger partial charge in [-0.1, -0.05) is 0 Å². The normalized spacial score (nSPS) is 52.9. The van der Waals surface area contributed by atoms with Crippen LogP contribution in [0.3, 0.4) is 0 Å². The predicted molar refractivity (Wildman–Crippen MR) is 32.6 cm³/mol. The Bertz CT molecular complexity index is 99.6. The SMILES string of the molecule is C[N+]12CCNC(C1)C2. The van der Waals surface area contributed by atoms with Crippen LogP contribution in [-0.4, -0.2) is 43.8 Å². The van der Waals surface area contributed by atoms with Gasteiger partial charge in [-0.3, -0.25) is 5.32 Å². The maximum atomic E-state index is 3.46. The summed E-state index contributed by atoms with van der Waals surface area (Å²) in [5.74, 6) is 0. The summed E-state index contributed by atoms with van der Waals surface area (Å²) >= 11 is 0. The minimum atomic E-state index is 0.869. The third kappa shape index (κ3) is 0.501. The van der Waals surface area contributed by atoms with Crippen LogP contribution < -0.4 is 5.32 Å². The summed E-state index contributed by atoms with van der Waals surface area (Å²) in [7, 11) is 2.34. The lowest BCUT2D eigenvalue weighted by atomic mass is 10.0. The van der Waals surface area contributed by atoms with Crippen LogP contribution in [0.25, 0.3) is 0 Å². The zero-order chi connectivity index (χ0) is 5.61. The quantitative estimate of drug-likeness (QED) is 0.414. The van der Waals surface area contributed by atoms with Crippen molar-refractivity contribution in [3.05, 3.63) is 0 Å². The first kappa shape index (κ1) is 4.77. The van der Waals surface area contributed by atoms with Crippen LogP contribution in [0.15, 0.2) is 0 Å². The van der Waals surface area contributed by atoms with Crippen molar-refractivity contribution >= 4 is 0 Å². The lowest BCUT2D eigenvalue weighted by Crippen LogP contribution is -2.74. The fourth-order valence-electron chi connectivity index (χ4n) is 1.86. The number of hydrogen-bond donors (Lipinski definition) is 1. The van der Waals surface area contributed by atoms with Crippen molar-refractivity contribution in [1.82, 2.24) is 5.32 Å². The van der Waals surface area contributed by atoms with Gasteiger partial charge in [0.1, 0.15) is 6.04 Å². The molecule has 0 atom stereocenters. The van der Waals surface area contributed by atoms with Crippen LogP contribution in [-0.2, 0) is 0 Å². The maximum Gasteiger partial charge on any atom is 0.106 e. The van der Waals surface area contributed by atoms with E-state index in [2.05, 4.69) is 12.4 Å². The number of nitrogens with zero attached hydrogens (tertiary/aromatic N) is 1. The molecule has 2 heteroatoms. The van der Waals surface area contributed by atoms with E-state index in [1.807, 2.05) is 0 Å². The molecule has 3 rings (SSSR count). The smallest absolute Gasteiger partial charge is 0.106 e. The molecule has 3 fully saturated rings. The fourth-order valence-corrected chi connectivity index (χ4v) is 1.86. The van der Waals surface area contributed by atoms with Crippen LogP contribution in [0.1, 0.15) is 0 Å². The molecule has 0 saturated carbocycles. The Morgan fingerprint density at radius 2 is 2.25 bits per heavy atom. The van der Waals surface area contributed by atoms with E-state index < -0.39 is 0 Å². The summed E-state index contributed by atoms with van der Waals surface area (Å²) in [5, 5.41) is 3.46. The molecule has 3 aliphatic heterocycles. The lowest BCUT2D eigenvalue weighted by molar-refractivity contribution is -0.955. The van der Waals surface area contributed by atoms with Gasteiger partial charge in [-0.25, -0.2) is 0 Å². The molecule has 3 heterocycles. The first-order valence-electron chi connectivity index (χ1n) is 3.35. The third-order valence-corrected chi connectivity index (χ3v) is 2.41. The van der Waals surface area contributed by atoms with E-state index in [1.165, 1.54) is 30.7 Å². The van der Waals surface area contributed by atoms with Crippen LogP contribution in [0.4, 0.5) is 0 Å². The number of piperazine rings is 2. The molecule has 3 aliphatic rings. The molecule has 0 aromatic rings. The van der Waals surface area contributed by atoms with Crippen molar-refractivity contribution in [2.45, 2.75) is 6.04 Å². The standard InChI is InChI=1S/C6H13N2/c1-8-3-2-7-6(4-8)5-8/h6-7H,2-5H2,1H3/q+1. The molecular weight excluding hydrogens is 100 g/mol. The molecule has 2 bridgehead atoms. The predicted octanol–water partition coefficient (Wildman–Crippen LogP) is -0.582. The molecule has 1 N–H and O–H groups in total. The Balaban J connectivity index is 2.06. The van der Waals surface area contributed by atoms with Crippen LogP contribution >= 0.6 is 0 Å². The number of fused-ring (bicyclic) bond motifs is 2. The second-order valence-corrected chi connectivity index (χ2v) is 3.36. The van der Waals surface area contributed by atoms with Crippen LogP contribution in [0.2, 0.25) is 0 Å². The fraction of sp³-hybridized carbons (Fsp3) is 1.00. The van der Waals surface area contributed by atoms with Gasteiger partial charge in [0, 0.05) is 6.54 Å². The summed E-state index contributed by atoms with van der Waals surface area (Å²) in [6.07, 6.45) is 0. The Morgan fingerprint density at radius 1 is 1.50 bits per heavy atom. The number of rotatable bonds is 0. The molecule has 0 radical (unpaired) electrons. The molecule has 0 aromatic heterocycles. The number of quaternary nitrogens is 1. The van der Waals surface area contributed by atoms with E-state index in [1.54, 1.807) is 0 Å². The van der Waals surface area contributed by atoms with E-state index in [-0.39, 0.29) is 0 Å². The molecule has 0 aliphatic carbocycles. The van der Waals surface area contributed by atoms with Gasteiger partial charge in [-0.05, 0) is 0 Å². The number of nitrogens with one attached hydrogen (secondary N) is 1. The molecule has 2 nitrogen and oxygen atoms in total. The largest absolute Gasteiger partial charge is 0.322 e. The second kappa shape index (κ2) is 1.25. The minimum absolute atomic E-state index is 0.869. The van der Waals surface area contributed by atoms with Crippen molar-refractivity contribution < 1.29 is 4.48 Å². The second-order valence-electron chi connectivity index (χ2n) is 3.36. The molecule has 0 spiro atoms. The summed E-state index contributed by atoms with van der Waals surface area (Å²) in [6, 6.07) is 0.869. The highest BCUT2D eigenvalue weighted by molar-refractivity contribution is 4.79. The summed E-state index contributed by atoms with van der Waals surface area (Å²) in [5.41, 5.74) is 0. The molecular formula is C6H13N2+. The first-order chi connectivity index (χ1) is 3.79. The highest BCUT2D eigenvalue weighted by atomic mass is 15.4. The van der Waals surface area contributed by atoms with Crippen LogP contribution in [0.5, 0.6) is 0 Å². The van der Waals surface area contributed by atoms with Crippen molar-refractivity contribution in [2.75, 3.05) is 33.2 Å². The van der Waals surface area contributed by atoms with Gasteiger partial charge < -0.3 is 4.48 Å². The Hall–Kier alpha value is -0.0800. The van der Waals surface area contributed by atoms with E-state index in [4.69, 9.17) is 0 Å². The molecule has 0 aromatic carbocycles. The van der Waals surface area contributed by atoms with Crippen molar-refractivity contribution in [1.29, 1.82) is 0 Å². The van der Waals surface area contributed by atoms with E-state index in [0.717, 1.165) is 6.04 Å². The zero-order valence-corrected chi connectivity index (χ0v) is 5.35. The zero-order valence-electron chi connectivity index (χ0n) is 5.35. The van der Waals surface area contributed by atoms with Crippen molar-refractivity contribution in [3.63, 3.8) is 0 Å². The molecule has 3 saturated heterocycles. The maximum absolute atomic E-state index is 3.46. The van der Waals surface area contributed by atoms with Gasteiger partial charge in [0.2, 0.25) is 0 Å². The number of likely N-dealkylation sites (N-methyl/N-ethyl adjacent to an activating group) is 1. The summed E-state index contributed by atoms with van der Waals surface area (Å²) < 4.78 is 1.33.